The molecule has 0 atom stereocenters. The molecule has 0 aliphatic carbocycles. The summed E-state index contributed by atoms with van der Waals surface area (Å²) >= 11 is 0. The van der Waals surface area contributed by atoms with Crippen molar-refractivity contribution in [3.05, 3.63) is 35.4 Å². The molecule has 0 unspecified atom stereocenters. The Morgan fingerprint density at radius 2 is 2.00 bits per heavy atom. The topological polar surface area (TPSA) is 70.6 Å². The molecule has 4 N–H and O–H groups in total. The molecule has 4 heteroatoms. The summed E-state index contributed by atoms with van der Waals surface area (Å²) < 4.78 is 0. The lowest BCUT2D eigenvalue weighted by molar-refractivity contribution is 0.318. The van der Waals surface area contributed by atoms with Gasteiger partial charge in [0.25, 0.3) is 0 Å². The van der Waals surface area contributed by atoms with E-state index in [9.17, 15) is 0 Å². The minimum absolute atomic E-state index is 0.146. The molecule has 0 aromatic heterocycles. The monoisotopic (exact) mass is 235 g/mol. The predicted molar refractivity (Wildman–Crippen MR) is 70.2 cm³/mol. The Bertz CT molecular complexity index is 346. The molecule has 0 fully saturated rings. The van der Waals surface area contributed by atoms with E-state index in [1.165, 1.54) is 24.8 Å². The van der Waals surface area contributed by atoms with Crippen molar-refractivity contribution in [3.8, 4) is 0 Å². The fourth-order valence-corrected chi connectivity index (χ4v) is 1.58. The zero-order valence-corrected chi connectivity index (χ0v) is 10.3. The Kier molecular flexibility index (Phi) is 6.10. The maximum Gasteiger partial charge on any atom is 0.170 e. The second kappa shape index (κ2) is 7.68. The molecule has 0 saturated heterocycles. The first-order valence-corrected chi connectivity index (χ1v) is 6.05. The Balaban J connectivity index is 2.35. The van der Waals surface area contributed by atoms with Gasteiger partial charge in [-0.25, -0.2) is 0 Å². The Morgan fingerprint density at radius 1 is 1.29 bits per heavy atom. The number of amidine groups is 1. The average molecular weight is 235 g/mol. The van der Waals surface area contributed by atoms with Crippen LogP contribution in [0.15, 0.2) is 29.4 Å². The fraction of sp³-hybridized carbons (Fsp3) is 0.462. The summed E-state index contributed by atoms with van der Waals surface area (Å²) in [4.78, 5) is 0. The van der Waals surface area contributed by atoms with Crippen LogP contribution in [0.5, 0.6) is 0 Å². The van der Waals surface area contributed by atoms with Gasteiger partial charge in [0, 0.05) is 12.1 Å². The smallest absolute Gasteiger partial charge is 0.170 e. The first-order valence-electron chi connectivity index (χ1n) is 6.05. The van der Waals surface area contributed by atoms with Gasteiger partial charge in [0.05, 0.1) is 0 Å². The van der Waals surface area contributed by atoms with Crippen molar-refractivity contribution in [3.63, 3.8) is 0 Å². The van der Waals surface area contributed by atoms with Crippen LogP contribution >= 0.6 is 0 Å². The summed E-state index contributed by atoms with van der Waals surface area (Å²) in [5.74, 6) is 0.146. The minimum atomic E-state index is 0.146. The zero-order chi connectivity index (χ0) is 12.5. The molecule has 0 aliphatic rings. The molecule has 1 aromatic rings. The summed E-state index contributed by atoms with van der Waals surface area (Å²) in [5, 5.41) is 14.9. The van der Waals surface area contributed by atoms with Gasteiger partial charge in [-0.3, -0.25) is 0 Å². The van der Waals surface area contributed by atoms with Crippen LogP contribution in [0.3, 0.4) is 0 Å². The molecule has 0 spiro atoms. The quantitative estimate of drug-likeness (QED) is 0.223. The molecule has 0 aliphatic heterocycles. The van der Waals surface area contributed by atoms with Gasteiger partial charge in [0.1, 0.15) is 0 Å². The van der Waals surface area contributed by atoms with Gasteiger partial charge in [-0.2, -0.15) is 0 Å². The molecule has 0 bridgehead atoms. The number of benzene rings is 1. The maximum atomic E-state index is 8.53. The third kappa shape index (κ3) is 4.87. The molecule has 0 heterocycles. The van der Waals surface area contributed by atoms with Crippen molar-refractivity contribution in [1.29, 1.82) is 0 Å². The van der Waals surface area contributed by atoms with Gasteiger partial charge in [-0.05, 0) is 18.5 Å². The summed E-state index contributed by atoms with van der Waals surface area (Å²) in [6.07, 6.45) is 3.74. The molecular formula is C13H21N3O. The Morgan fingerprint density at radius 3 is 2.59 bits per heavy atom. The number of unbranched alkanes of at least 4 members (excludes halogenated alkanes) is 2. The van der Waals surface area contributed by atoms with Crippen LogP contribution in [0.1, 0.15) is 37.3 Å². The van der Waals surface area contributed by atoms with Gasteiger partial charge in [-0.1, -0.05) is 49.2 Å². The van der Waals surface area contributed by atoms with E-state index in [4.69, 9.17) is 10.9 Å². The van der Waals surface area contributed by atoms with Crippen molar-refractivity contribution in [2.75, 3.05) is 6.54 Å². The van der Waals surface area contributed by atoms with Crippen LogP contribution in [0.4, 0.5) is 0 Å². The number of rotatable bonds is 7. The molecule has 4 nitrogen and oxygen atoms in total. The normalized spacial score (nSPS) is 11.7. The van der Waals surface area contributed by atoms with E-state index in [2.05, 4.69) is 17.4 Å². The highest BCUT2D eigenvalue weighted by Gasteiger charge is 1.98. The number of hydrogen-bond acceptors (Lipinski definition) is 3. The zero-order valence-electron chi connectivity index (χ0n) is 10.3. The van der Waals surface area contributed by atoms with Crippen molar-refractivity contribution >= 4 is 5.84 Å². The standard InChI is InChI=1S/C13H21N3O/c1-2-3-4-9-15-10-11-5-7-12(8-6-11)13(14)16-17/h5-8,15,17H,2-4,9-10H2,1H3,(H2,14,16). The van der Waals surface area contributed by atoms with Crippen molar-refractivity contribution in [1.82, 2.24) is 5.32 Å². The van der Waals surface area contributed by atoms with Crippen LogP contribution in [0.2, 0.25) is 0 Å². The molecule has 17 heavy (non-hydrogen) atoms. The molecule has 0 saturated carbocycles. The van der Waals surface area contributed by atoms with E-state index >= 15 is 0 Å². The Labute approximate surface area is 103 Å². The lowest BCUT2D eigenvalue weighted by Gasteiger charge is -2.05. The van der Waals surface area contributed by atoms with Crippen LogP contribution in [0.25, 0.3) is 0 Å². The minimum Gasteiger partial charge on any atom is -0.409 e. The van der Waals surface area contributed by atoms with Crippen LogP contribution in [-0.2, 0) is 6.54 Å². The van der Waals surface area contributed by atoms with Crippen molar-refractivity contribution < 1.29 is 5.21 Å². The summed E-state index contributed by atoms with van der Waals surface area (Å²) in [5.41, 5.74) is 7.43. The predicted octanol–water partition coefficient (Wildman–Crippen LogP) is 2.06. The van der Waals surface area contributed by atoms with Crippen molar-refractivity contribution in [2.45, 2.75) is 32.7 Å². The first-order chi connectivity index (χ1) is 8.27. The highest BCUT2D eigenvalue weighted by molar-refractivity contribution is 5.96. The molecule has 1 rings (SSSR count). The third-order valence-corrected chi connectivity index (χ3v) is 2.64. The number of nitrogens with one attached hydrogen (secondary N) is 1. The van der Waals surface area contributed by atoms with E-state index in [-0.39, 0.29) is 5.84 Å². The van der Waals surface area contributed by atoms with Gasteiger partial charge in [0.2, 0.25) is 0 Å². The van der Waals surface area contributed by atoms with E-state index in [1.807, 2.05) is 24.3 Å². The van der Waals surface area contributed by atoms with E-state index in [0.717, 1.165) is 18.7 Å². The summed E-state index contributed by atoms with van der Waals surface area (Å²) in [7, 11) is 0. The second-order valence-corrected chi connectivity index (χ2v) is 4.07. The molecule has 94 valence electrons. The van der Waals surface area contributed by atoms with E-state index < -0.39 is 0 Å². The number of oxime groups is 1. The van der Waals surface area contributed by atoms with Crippen molar-refractivity contribution in [2.24, 2.45) is 10.9 Å². The third-order valence-electron chi connectivity index (χ3n) is 2.64. The Hall–Kier alpha value is -1.55. The molecule has 0 amide bonds. The maximum absolute atomic E-state index is 8.53. The molecule has 1 aromatic carbocycles. The summed E-state index contributed by atoms with van der Waals surface area (Å²) in [6, 6.07) is 7.69. The SMILES string of the molecule is CCCCCNCc1ccc(/C(N)=N/O)cc1. The lowest BCUT2D eigenvalue weighted by atomic mass is 10.1. The van der Waals surface area contributed by atoms with E-state index in [1.54, 1.807) is 0 Å². The number of nitrogens with two attached hydrogens (primary N) is 1. The van der Waals surface area contributed by atoms with Gasteiger partial charge in [-0.15, -0.1) is 0 Å². The first kappa shape index (κ1) is 13.5. The fourth-order valence-electron chi connectivity index (χ4n) is 1.58. The van der Waals surface area contributed by atoms with Crippen LogP contribution < -0.4 is 11.1 Å². The van der Waals surface area contributed by atoms with Gasteiger partial charge in [0.15, 0.2) is 5.84 Å². The largest absolute Gasteiger partial charge is 0.409 e. The van der Waals surface area contributed by atoms with Crippen LogP contribution in [0, 0.1) is 0 Å². The van der Waals surface area contributed by atoms with Crippen LogP contribution in [-0.4, -0.2) is 17.6 Å². The summed E-state index contributed by atoms with van der Waals surface area (Å²) in [6.45, 7) is 4.11. The molecular weight excluding hydrogens is 214 g/mol. The second-order valence-electron chi connectivity index (χ2n) is 4.07. The van der Waals surface area contributed by atoms with E-state index in [0.29, 0.717) is 0 Å². The highest BCUT2D eigenvalue weighted by Crippen LogP contribution is 2.04. The van der Waals surface area contributed by atoms with Gasteiger partial charge >= 0.3 is 0 Å². The molecule has 0 radical (unpaired) electrons. The van der Waals surface area contributed by atoms with Gasteiger partial charge < -0.3 is 16.3 Å². The average Bonchev–Trinajstić information content (AvgIpc) is 2.38. The number of hydrogen-bond donors (Lipinski definition) is 3. The lowest BCUT2D eigenvalue weighted by Crippen LogP contribution is -2.15. The highest BCUT2D eigenvalue weighted by atomic mass is 16.4. The number of nitrogens with zero attached hydrogens (tertiary/aromatic N) is 1.